The molecule has 0 aromatic heterocycles. The molecular formula is C19H26N2. The first-order chi connectivity index (χ1) is 10.1. The van der Waals surface area contributed by atoms with Gasteiger partial charge in [-0.25, -0.2) is 0 Å². The number of rotatable bonds is 6. The zero-order valence-electron chi connectivity index (χ0n) is 13.3. The first-order valence-corrected chi connectivity index (χ1v) is 7.74. The summed E-state index contributed by atoms with van der Waals surface area (Å²) in [7, 11) is 0. The molecule has 0 aliphatic heterocycles. The minimum Gasteiger partial charge on any atom is -0.399 e. The molecule has 2 rings (SSSR count). The van der Waals surface area contributed by atoms with Crippen LogP contribution in [0, 0.1) is 0 Å². The van der Waals surface area contributed by atoms with Gasteiger partial charge in [-0.3, -0.25) is 4.90 Å². The van der Waals surface area contributed by atoms with Crippen LogP contribution in [0.15, 0.2) is 48.5 Å². The van der Waals surface area contributed by atoms with E-state index in [1.54, 1.807) is 0 Å². The number of nitrogen functional groups attached to an aromatic ring is 1. The Morgan fingerprint density at radius 3 is 2.19 bits per heavy atom. The van der Waals surface area contributed by atoms with Gasteiger partial charge in [0.2, 0.25) is 0 Å². The van der Waals surface area contributed by atoms with Crippen molar-refractivity contribution in [2.75, 3.05) is 12.3 Å². The summed E-state index contributed by atoms with van der Waals surface area (Å²) in [6.45, 7) is 9.60. The highest BCUT2D eigenvalue weighted by Gasteiger charge is 2.06. The van der Waals surface area contributed by atoms with Gasteiger partial charge in [-0.1, -0.05) is 57.2 Å². The summed E-state index contributed by atoms with van der Waals surface area (Å²) in [6, 6.07) is 17.1. The van der Waals surface area contributed by atoms with E-state index in [1.165, 1.54) is 16.7 Å². The van der Waals surface area contributed by atoms with Gasteiger partial charge in [0.15, 0.2) is 0 Å². The van der Waals surface area contributed by atoms with Crippen LogP contribution >= 0.6 is 0 Å². The third kappa shape index (κ3) is 4.61. The predicted molar refractivity (Wildman–Crippen MR) is 91.2 cm³/mol. The van der Waals surface area contributed by atoms with E-state index in [9.17, 15) is 0 Å². The van der Waals surface area contributed by atoms with Crippen LogP contribution in [0.1, 0.15) is 43.4 Å². The molecule has 0 aliphatic carbocycles. The molecule has 0 radical (unpaired) electrons. The molecule has 2 N–H and O–H groups in total. The van der Waals surface area contributed by atoms with Crippen molar-refractivity contribution < 1.29 is 0 Å². The predicted octanol–water partition coefficient (Wildman–Crippen LogP) is 4.41. The maximum absolute atomic E-state index is 5.85. The van der Waals surface area contributed by atoms with E-state index in [1.807, 2.05) is 12.1 Å². The van der Waals surface area contributed by atoms with E-state index in [-0.39, 0.29) is 0 Å². The Kier molecular flexibility index (Phi) is 5.40. The van der Waals surface area contributed by atoms with Crippen molar-refractivity contribution in [3.63, 3.8) is 0 Å². The fraction of sp³-hybridized carbons (Fsp3) is 0.368. The molecule has 0 amide bonds. The van der Waals surface area contributed by atoms with Crippen molar-refractivity contribution >= 4 is 5.69 Å². The van der Waals surface area contributed by atoms with E-state index in [4.69, 9.17) is 5.73 Å². The second kappa shape index (κ2) is 7.28. The summed E-state index contributed by atoms with van der Waals surface area (Å²) >= 11 is 0. The Balaban J connectivity index is 2.01. The van der Waals surface area contributed by atoms with Crippen LogP contribution in [0.3, 0.4) is 0 Å². The van der Waals surface area contributed by atoms with Crippen molar-refractivity contribution in [2.45, 2.75) is 39.8 Å². The molecule has 2 aromatic rings. The molecule has 0 fully saturated rings. The average Bonchev–Trinajstić information content (AvgIpc) is 2.47. The summed E-state index contributed by atoms with van der Waals surface area (Å²) in [5.41, 5.74) is 10.7. The Morgan fingerprint density at radius 2 is 1.62 bits per heavy atom. The Labute approximate surface area is 128 Å². The number of anilines is 1. The lowest BCUT2D eigenvalue weighted by Crippen LogP contribution is -2.22. The minimum absolute atomic E-state index is 0.591. The molecule has 0 atom stereocenters. The Hall–Kier alpha value is -1.80. The standard InChI is InChI=1S/C19H26N2/c1-4-21(14-17-6-5-7-19(20)12-17)13-16-8-10-18(11-9-16)15(2)3/h5-12,15H,4,13-14,20H2,1-3H3. The summed E-state index contributed by atoms with van der Waals surface area (Å²) in [6.07, 6.45) is 0. The molecule has 112 valence electrons. The highest BCUT2D eigenvalue weighted by Crippen LogP contribution is 2.17. The van der Waals surface area contributed by atoms with Gasteiger partial charge < -0.3 is 5.73 Å². The number of hydrogen-bond acceptors (Lipinski definition) is 2. The van der Waals surface area contributed by atoms with Crippen LogP contribution in [0.25, 0.3) is 0 Å². The molecule has 2 aromatic carbocycles. The van der Waals surface area contributed by atoms with Crippen LogP contribution in [0.5, 0.6) is 0 Å². The molecule has 0 heterocycles. The normalized spacial score (nSPS) is 11.3. The van der Waals surface area contributed by atoms with E-state index in [2.05, 4.69) is 62.1 Å². The zero-order chi connectivity index (χ0) is 15.2. The number of nitrogens with two attached hydrogens (primary N) is 1. The maximum Gasteiger partial charge on any atom is 0.0317 e. The van der Waals surface area contributed by atoms with Crippen LogP contribution in [-0.4, -0.2) is 11.4 Å². The quantitative estimate of drug-likeness (QED) is 0.795. The van der Waals surface area contributed by atoms with Gasteiger partial charge in [-0.05, 0) is 41.3 Å². The molecule has 0 saturated heterocycles. The summed E-state index contributed by atoms with van der Waals surface area (Å²) in [4.78, 5) is 2.43. The van der Waals surface area contributed by atoms with Gasteiger partial charge in [0.25, 0.3) is 0 Å². The molecule has 2 nitrogen and oxygen atoms in total. The molecular weight excluding hydrogens is 256 g/mol. The van der Waals surface area contributed by atoms with Gasteiger partial charge in [0.05, 0.1) is 0 Å². The third-order valence-corrected chi connectivity index (χ3v) is 3.86. The molecule has 0 spiro atoms. The highest BCUT2D eigenvalue weighted by molar-refractivity contribution is 5.40. The van der Waals surface area contributed by atoms with Gasteiger partial charge in [0.1, 0.15) is 0 Å². The average molecular weight is 282 g/mol. The second-order valence-corrected chi connectivity index (χ2v) is 5.94. The van der Waals surface area contributed by atoms with Crippen LogP contribution in [-0.2, 0) is 13.1 Å². The van der Waals surface area contributed by atoms with Gasteiger partial charge in [0, 0.05) is 18.8 Å². The van der Waals surface area contributed by atoms with E-state index < -0.39 is 0 Å². The smallest absolute Gasteiger partial charge is 0.0317 e. The third-order valence-electron chi connectivity index (χ3n) is 3.86. The van der Waals surface area contributed by atoms with Crippen LogP contribution < -0.4 is 5.73 Å². The fourth-order valence-electron chi connectivity index (χ4n) is 2.50. The van der Waals surface area contributed by atoms with E-state index in [0.29, 0.717) is 5.92 Å². The van der Waals surface area contributed by atoms with Crippen molar-refractivity contribution in [3.8, 4) is 0 Å². The molecule has 0 unspecified atom stereocenters. The largest absolute Gasteiger partial charge is 0.399 e. The molecule has 21 heavy (non-hydrogen) atoms. The molecule has 0 aliphatic rings. The van der Waals surface area contributed by atoms with Crippen molar-refractivity contribution in [2.24, 2.45) is 0 Å². The lowest BCUT2D eigenvalue weighted by atomic mass is 10.0. The number of benzene rings is 2. The fourth-order valence-corrected chi connectivity index (χ4v) is 2.50. The highest BCUT2D eigenvalue weighted by atomic mass is 15.1. The van der Waals surface area contributed by atoms with Crippen molar-refractivity contribution in [1.82, 2.24) is 4.90 Å². The molecule has 0 bridgehead atoms. The Morgan fingerprint density at radius 1 is 0.952 bits per heavy atom. The van der Waals surface area contributed by atoms with Crippen LogP contribution in [0.2, 0.25) is 0 Å². The maximum atomic E-state index is 5.85. The van der Waals surface area contributed by atoms with Gasteiger partial charge in [-0.2, -0.15) is 0 Å². The Bertz CT molecular complexity index is 558. The number of hydrogen-bond donors (Lipinski definition) is 1. The second-order valence-electron chi connectivity index (χ2n) is 5.94. The van der Waals surface area contributed by atoms with Gasteiger partial charge >= 0.3 is 0 Å². The van der Waals surface area contributed by atoms with Gasteiger partial charge in [-0.15, -0.1) is 0 Å². The summed E-state index contributed by atoms with van der Waals surface area (Å²) in [5, 5.41) is 0. The zero-order valence-corrected chi connectivity index (χ0v) is 13.3. The van der Waals surface area contributed by atoms with Crippen molar-refractivity contribution in [1.29, 1.82) is 0 Å². The first-order valence-electron chi connectivity index (χ1n) is 7.74. The van der Waals surface area contributed by atoms with Crippen LogP contribution in [0.4, 0.5) is 5.69 Å². The summed E-state index contributed by atoms with van der Waals surface area (Å²) in [5.74, 6) is 0.591. The lowest BCUT2D eigenvalue weighted by Gasteiger charge is -2.21. The summed E-state index contributed by atoms with van der Waals surface area (Å²) < 4.78 is 0. The SMILES string of the molecule is CCN(Cc1ccc(C(C)C)cc1)Cc1cccc(N)c1. The molecule has 2 heteroatoms. The number of nitrogens with zero attached hydrogens (tertiary/aromatic N) is 1. The van der Waals surface area contributed by atoms with Crippen molar-refractivity contribution in [3.05, 3.63) is 65.2 Å². The lowest BCUT2D eigenvalue weighted by molar-refractivity contribution is 0.271. The topological polar surface area (TPSA) is 29.3 Å². The molecule has 0 saturated carbocycles. The first kappa shape index (κ1) is 15.6. The monoisotopic (exact) mass is 282 g/mol. The van der Waals surface area contributed by atoms with E-state index in [0.717, 1.165) is 25.3 Å². The van der Waals surface area contributed by atoms with E-state index >= 15 is 0 Å². The minimum atomic E-state index is 0.591.